The predicted octanol–water partition coefficient (Wildman–Crippen LogP) is 4.38. The van der Waals surface area contributed by atoms with E-state index in [0.717, 1.165) is 40.8 Å². The summed E-state index contributed by atoms with van der Waals surface area (Å²) in [5.41, 5.74) is 5.84. The van der Waals surface area contributed by atoms with Crippen molar-refractivity contribution >= 4 is 29.1 Å². The summed E-state index contributed by atoms with van der Waals surface area (Å²) in [6.45, 7) is 1.35. The van der Waals surface area contributed by atoms with Crippen molar-refractivity contribution in [2.24, 2.45) is 4.99 Å². The molecule has 0 saturated carbocycles. The van der Waals surface area contributed by atoms with E-state index in [-0.39, 0.29) is 23.4 Å². The number of hydrogen-bond donors (Lipinski definition) is 0. The summed E-state index contributed by atoms with van der Waals surface area (Å²) in [6.07, 6.45) is 3.46. The van der Waals surface area contributed by atoms with E-state index >= 15 is 0 Å². The van der Waals surface area contributed by atoms with Crippen LogP contribution in [0.1, 0.15) is 41.6 Å². The topological polar surface area (TPSA) is 60.7 Å². The van der Waals surface area contributed by atoms with Crippen LogP contribution < -0.4 is 19.6 Å². The summed E-state index contributed by atoms with van der Waals surface area (Å²) in [6, 6.07) is 21.3. The van der Waals surface area contributed by atoms with Crippen molar-refractivity contribution < 1.29 is 13.9 Å². The second-order valence-corrected chi connectivity index (χ2v) is 9.84. The summed E-state index contributed by atoms with van der Waals surface area (Å²) in [7, 11) is 0. The van der Waals surface area contributed by atoms with Crippen LogP contribution in [0.15, 0.2) is 88.2 Å². The van der Waals surface area contributed by atoms with Crippen LogP contribution in [0, 0.1) is 5.82 Å². The normalized spacial score (nSPS) is 16.6. The number of halogens is 1. The van der Waals surface area contributed by atoms with Gasteiger partial charge in [0.05, 0.1) is 16.3 Å². The van der Waals surface area contributed by atoms with Gasteiger partial charge in [0.15, 0.2) is 4.80 Å². The minimum absolute atomic E-state index is 0.137. The summed E-state index contributed by atoms with van der Waals surface area (Å²) in [5.74, 6) is -0.252. The second kappa shape index (κ2) is 8.84. The van der Waals surface area contributed by atoms with E-state index in [9.17, 15) is 14.0 Å². The third kappa shape index (κ3) is 3.91. The lowest BCUT2D eigenvalue weighted by Gasteiger charge is -2.30. The number of esters is 1. The molecular formula is C29H21FN2O3S. The Balaban J connectivity index is 1.53. The first kappa shape index (κ1) is 22.4. The number of allylic oxidation sites excluding steroid dienone is 1. The maximum atomic E-state index is 13.8. The standard InChI is InChI=1S/C29H21FN2O3S/c1-17(33)35-22-13-6-18(7-14-22)16-25-28(34)32-27(20-8-11-21(30)12-9-20)24-15-10-19-4-2-3-5-23(19)26(24)31-29(32)36-25/h2-9,11-14,16,27H,10,15H2,1H3/b25-16+/t27-/m1/s1. The van der Waals surface area contributed by atoms with E-state index in [0.29, 0.717) is 15.1 Å². The summed E-state index contributed by atoms with van der Waals surface area (Å²) in [5, 5.41) is 0. The fourth-order valence-electron chi connectivity index (χ4n) is 4.92. The van der Waals surface area contributed by atoms with E-state index in [1.54, 1.807) is 41.0 Å². The lowest BCUT2D eigenvalue weighted by Crippen LogP contribution is -2.38. The molecule has 4 aromatic rings. The SMILES string of the molecule is CC(=O)Oc1ccc(/C=c2/sc3n(c2=O)[C@H](c2ccc(F)cc2)C2=C(N=3)c3ccccc3CC2)cc1. The Bertz CT molecular complexity index is 1710. The third-order valence-electron chi connectivity index (χ3n) is 6.50. The molecule has 0 saturated heterocycles. The monoisotopic (exact) mass is 496 g/mol. The smallest absolute Gasteiger partial charge is 0.308 e. The fraction of sp³-hybridized carbons (Fsp3) is 0.138. The van der Waals surface area contributed by atoms with E-state index in [2.05, 4.69) is 12.1 Å². The number of nitrogens with zero attached hydrogens (tertiary/aromatic N) is 2. The summed E-state index contributed by atoms with van der Waals surface area (Å²) in [4.78, 5) is 30.5. The Labute approximate surface area is 210 Å². The Hall–Kier alpha value is -4.10. The third-order valence-corrected chi connectivity index (χ3v) is 7.48. The van der Waals surface area contributed by atoms with Gasteiger partial charge in [-0.15, -0.1) is 0 Å². The highest BCUT2D eigenvalue weighted by Gasteiger charge is 2.32. The molecule has 0 amide bonds. The van der Waals surface area contributed by atoms with Crippen molar-refractivity contribution in [2.45, 2.75) is 25.8 Å². The molecule has 0 radical (unpaired) electrons. The first-order valence-corrected chi connectivity index (χ1v) is 12.5. The molecule has 3 aromatic carbocycles. The van der Waals surface area contributed by atoms with Crippen LogP contribution in [0.2, 0.25) is 0 Å². The average Bonchev–Trinajstić information content (AvgIpc) is 3.18. The average molecular weight is 497 g/mol. The molecular weight excluding hydrogens is 475 g/mol. The van der Waals surface area contributed by atoms with Crippen molar-refractivity contribution in [3.05, 3.63) is 126 Å². The number of ether oxygens (including phenoxy) is 1. The fourth-order valence-corrected chi connectivity index (χ4v) is 5.92. The maximum Gasteiger partial charge on any atom is 0.308 e. The molecule has 178 valence electrons. The largest absolute Gasteiger partial charge is 0.427 e. The van der Waals surface area contributed by atoms with E-state index in [4.69, 9.17) is 9.73 Å². The highest BCUT2D eigenvalue weighted by molar-refractivity contribution is 7.07. The van der Waals surface area contributed by atoms with Gasteiger partial charge >= 0.3 is 5.97 Å². The van der Waals surface area contributed by atoms with Crippen molar-refractivity contribution in [3.63, 3.8) is 0 Å². The molecule has 2 aliphatic rings. The van der Waals surface area contributed by atoms with Crippen LogP contribution in [-0.4, -0.2) is 10.5 Å². The Morgan fingerprint density at radius 2 is 1.81 bits per heavy atom. The molecule has 7 heteroatoms. The van der Waals surface area contributed by atoms with Gasteiger partial charge in [0.2, 0.25) is 0 Å². The van der Waals surface area contributed by atoms with Crippen LogP contribution >= 0.6 is 11.3 Å². The van der Waals surface area contributed by atoms with E-state index < -0.39 is 0 Å². The number of aromatic nitrogens is 1. The van der Waals surface area contributed by atoms with Gasteiger partial charge in [-0.25, -0.2) is 9.38 Å². The number of carbonyl (C=O) groups is 1. The minimum atomic E-state index is -0.387. The first-order chi connectivity index (χ1) is 17.5. The number of benzene rings is 3. The quantitative estimate of drug-likeness (QED) is 0.312. The van der Waals surface area contributed by atoms with Gasteiger partial charge in [-0.1, -0.05) is 59.9 Å². The lowest BCUT2D eigenvalue weighted by atomic mass is 9.83. The summed E-state index contributed by atoms with van der Waals surface area (Å²) >= 11 is 1.34. The second-order valence-electron chi connectivity index (χ2n) is 8.83. The van der Waals surface area contributed by atoms with Gasteiger partial charge in [0, 0.05) is 12.5 Å². The molecule has 0 fully saturated rings. The van der Waals surface area contributed by atoms with Crippen LogP contribution in [0.4, 0.5) is 4.39 Å². The summed E-state index contributed by atoms with van der Waals surface area (Å²) < 4.78 is 21.2. The Morgan fingerprint density at radius 3 is 2.56 bits per heavy atom. The number of carbonyl (C=O) groups excluding carboxylic acids is 1. The van der Waals surface area contributed by atoms with Crippen molar-refractivity contribution in [1.29, 1.82) is 0 Å². The molecule has 1 aliphatic carbocycles. The highest BCUT2D eigenvalue weighted by Crippen LogP contribution is 2.41. The number of fused-ring (bicyclic) bond motifs is 3. The first-order valence-electron chi connectivity index (χ1n) is 11.6. The highest BCUT2D eigenvalue weighted by atomic mass is 32.1. The molecule has 0 spiro atoms. The molecule has 1 aliphatic heterocycles. The zero-order valence-electron chi connectivity index (χ0n) is 19.4. The van der Waals surface area contributed by atoms with Gasteiger partial charge < -0.3 is 4.74 Å². The molecule has 0 unspecified atom stereocenters. The van der Waals surface area contributed by atoms with E-state index in [1.807, 2.05) is 18.2 Å². The molecule has 0 bridgehead atoms. The molecule has 6 rings (SSSR count). The van der Waals surface area contributed by atoms with Crippen molar-refractivity contribution in [3.8, 4) is 5.75 Å². The number of rotatable bonds is 3. The zero-order valence-corrected chi connectivity index (χ0v) is 20.2. The molecule has 1 aromatic heterocycles. The van der Waals surface area contributed by atoms with E-state index in [1.165, 1.54) is 36.0 Å². The molecule has 36 heavy (non-hydrogen) atoms. The maximum absolute atomic E-state index is 13.8. The molecule has 5 nitrogen and oxygen atoms in total. The Kier molecular flexibility index (Phi) is 5.49. The van der Waals surface area contributed by atoms with Gasteiger partial charge in [0.1, 0.15) is 11.6 Å². The van der Waals surface area contributed by atoms with Gasteiger partial charge in [0.25, 0.3) is 5.56 Å². The number of aryl methyl sites for hydroxylation is 1. The van der Waals surface area contributed by atoms with Crippen molar-refractivity contribution in [2.75, 3.05) is 0 Å². The van der Waals surface area contributed by atoms with Gasteiger partial charge in [-0.2, -0.15) is 0 Å². The molecule has 1 atom stereocenters. The molecule has 2 heterocycles. The number of hydrogen-bond acceptors (Lipinski definition) is 5. The lowest BCUT2D eigenvalue weighted by molar-refractivity contribution is -0.131. The predicted molar refractivity (Wildman–Crippen MR) is 137 cm³/mol. The van der Waals surface area contributed by atoms with Gasteiger partial charge in [-0.05, 0) is 65.4 Å². The van der Waals surface area contributed by atoms with Crippen LogP contribution in [0.3, 0.4) is 0 Å². The zero-order chi connectivity index (χ0) is 24.8. The van der Waals surface area contributed by atoms with Crippen LogP contribution in [-0.2, 0) is 11.2 Å². The minimum Gasteiger partial charge on any atom is -0.427 e. The van der Waals surface area contributed by atoms with Gasteiger partial charge in [-0.3, -0.25) is 14.2 Å². The van der Waals surface area contributed by atoms with Crippen LogP contribution in [0.25, 0.3) is 11.8 Å². The number of thiazole rings is 1. The van der Waals surface area contributed by atoms with Crippen molar-refractivity contribution in [1.82, 2.24) is 4.57 Å². The Morgan fingerprint density at radius 1 is 1.06 bits per heavy atom. The van der Waals surface area contributed by atoms with Crippen LogP contribution in [0.5, 0.6) is 5.75 Å². The molecule has 0 N–H and O–H groups in total.